The molecule has 0 bridgehead atoms. The Morgan fingerprint density at radius 2 is 1.83 bits per heavy atom. The lowest BCUT2D eigenvalue weighted by Crippen LogP contribution is -2.43. The molecule has 2 amide bonds. The Hall–Kier alpha value is -2.21. The quantitative estimate of drug-likeness (QED) is 0.484. The Kier molecular flexibility index (Phi) is 7.81. The minimum Gasteiger partial charge on any atom is -0.332 e. The number of hydrogen-bond acceptors (Lipinski definition) is 3. The molecule has 1 heterocycles. The van der Waals surface area contributed by atoms with Crippen LogP contribution < -0.4 is 0 Å². The first-order valence-electron chi connectivity index (χ1n) is 10.4. The summed E-state index contributed by atoms with van der Waals surface area (Å²) in [7, 11) is 0. The summed E-state index contributed by atoms with van der Waals surface area (Å²) < 4.78 is 13.2. The average Bonchev–Trinajstić information content (AvgIpc) is 3.42. The number of thiophene rings is 1. The van der Waals surface area contributed by atoms with Crippen LogP contribution in [-0.4, -0.2) is 34.2 Å². The van der Waals surface area contributed by atoms with Gasteiger partial charge in [0.15, 0.2) is 0 Å². The van der Waals surface area contributed by atoms with Gasteiger partial charge >= 0.3 is 0 Å². The fourth-order valence-electron chi connectivity index (χ4n) is 3.36. The van der Waals surface area contributed by atoms with E-state index in [4.69, 9.17) is 0 Å². The van der Waals surface area contributed by atoms with Crippen molar-refractivity contribution in [3.8, 4) is 0 Å². The zero-order chi connectivity index (χ0) is 20.6. The van der Waals surface area contributed by atoms with E-state index in [2.05, 4.69) is 6.92 Å². The number of halogens is 1. The SMILES string of the molecule is CCCCCC(=O)N(CC(=O)N(Cc1ccc(F)cc1)Cc1cccs1)C1CC1. The molecule has 0 unspecified atom stereocenters. The summed E-state index contributed by atoms with van der Waals surface area (Å²) >= 11 is 1.60. The summed E-state index contributed by atoms with van der Waals surface area (Å²) in [6, 6.07) is 10.4. The number of amides is 2. The molecule has 0 saturated heterocycles. The van der Waals surface area contributed by atoms with E-state index in [1.54, 1.807) is 33.3 Å². The molecule has 4 nitrogen and oxygen atoms in total. The fourth-order valence-corrected chi connectivity index (χ4v) is 4.08. The first kappa shape index (κ1) is 21.5. The number of carbonyl (C=O) groups is 2. The van der Waals surface area contributed by atoms with Crippen LogP contribution in [0.3, 0.4) is 0 Å². The topological polar surface area (TPSA) is 40.6 Å². The number of nitrogens with zero attached hydrogens (tertiary/aromatic N) is 2. The summed E-state index contributed by atoms with van der Waals surface area (Å²) in [6.07, 6.45) is 5.46. The highest BCUT2D eigenvalue weighted by Gasteiger charge is 2.34. The van der Waals surface area contributed by atoms with Gasteiger partial charge in [-0.25, -0.2) is 4.39 Å². The van der Waals surface area contributed by atoms with Gasteiger partial charge in [0.25, 0.3) is 0 Å². The van der Waals surface area contributed by atoms with E-state index in [0.29, 0.717) is 19.5 Å². The molecule has 1 aromatic heterocycles. The molecule has 3 rings (SSSR count). The first-order chi connectivity index (χ1) is 14.1. The largest absolute Gasteiger partial charge is 0.332 e. The number of unbranched alkanes of at least 4 members (excludes halogenated alkanes) is 2. The Balaban J connectivity index is 1.68. The molecule has 0 N–H and O–H groups in total. The normalized spacial score (nSPS) is 13.3. The molecular weight excluding hydrogens is 387 g/mol. The predicted molar refractivity (Wildman–Crippen MR) is 114 cm³/mol. The second-order valence-corrected chi connectivity index (χ2v) is 8.70. The van der Waals surface area contributed by atoms with E-state index >= 15 is 0 Å². The van der Waals surface area contributed by atoms with Gasteiger partial charge in [-0.2, -0.15) is 0 Å². The van der Waals surface area contributed by atoms with Crippen molar-refractivity contribution in [2.75, 3.05) is 6.54 Å². The maximum Gasteiger partial charge on any atom is 0.242 e. The van der Waals surface area contributed by atoms with Gasteiger partial charge in [-0.05, 0) is 48.4 Å². The van der Waals surface area contributed by atoms with Gasteiger partial charge < -0.3 is 9.80 Å². The number of carbonyl (C=O) groups excluding carboxylic acids is 2. The molecule has 0 spiro atoms. The van der Waals surface area contributed by atoms with Crippen molar-refractivity contribution in [3.05, 3.63) is 58.0 Å². The molecule has 0 atom stereocenters. The molecule has 0 aliphatic heterocycles. The smallest absolute Gasteiger partial charge is 0.242 e. The maximum absolute atomic E-state index is 13.2. The highest BCUT2D eigenvalue weighted by molar-refractivity contribution is 7.09. The molecule has 1 fully saturated rings. The van der Waals surface area contributed by atoms with Crippen molar-refractivity contribution in [3.63, 3.8) is 0 Å². The van der Waals surface area contributed by atoms with Crippen LogP contribution in [0.2, 0.25) is 0 Å². The summed E-state index contributed by atoms with van der Waals surface area (Å²) in [4.78, 5) is 30.5. The second-order valence-electron chi connectivity index (χ2n) is 7.67. The Morgan fingerprint density at radius 1 is 1.07 bits per heavy atom. The van der Waals surface area contributed by atoms with Gasteiger partial charge in [-0.15, -0.1) is 11.3 Å². The average molecular weight is 417 g/mol. The molecular formula is C23H29FN2O2S. The lowest BCUT2D eigenvalue weighted by molar-refractivity contribution is -0.141. The van der Waals surface area contributed by atoms with Crippen LogP contribution in [0, 0.1) is 5.82 Å². The van der Waals surface area contributed by atoms with Gasteiger partial charge in [0.1, 0.15) is 12.4 Å². The summed E-state index contributed by atoms with van der Waals surface area (Å²) in [5.74, 6) is -0.256. The maximum atomic E-state index is 13.2. The summed E-state index contributed by atoms with van der Waals surface area (Å²) in [5, 5.41) is 1.99. The third-order valence-corrected chi connectivity index (χ3v) is 6.04. The monoisotopic (exact) mass is 416 g/mol. The molecule has 6 heteroatoms. The van der Waals surface area contributed by atoms with E-state index in [-0.39, 0.29) is 30.2 Å². The van der Waals surface area contributed by atoms with Crippen LogP contribution in [0.15, 0.2) is 41.8 Å². The Morgan fingerprint density at radius 3 is 2.45 bits per heavy atom. The van der Waals surface area contributed by atoms with Crippen LogP contribution >= 0.6 is 11.3 Å². The highest BCUT2D eigenvalue weighted by atomic mass is 32.1. The van der Waals surface area contributed by atoms with E-state index in [0.717, 1.165) is 42.5 Å². The third-order valence-electron chi connectivity index (χ3n) is 5.17. The lowest BCUT2D eigenvalue weighted by Gasteiger charge is -2.28. The third kappa shape index (κ3) is 6.67. The molecule has 1 aromatic carbocycles. The Bertz CT molecular complexity index is 788. The second kappa shape index (κ2) is 10.5. The van der Waals surface area contributed by atoms with Crippen molar-refractivity contribution < 1.29 is 14.0 Å². The molecule has 29 heavy (non-hydrogen) atoms. The first-order valence-corrected chi connectivity index (χ1v) is 11.3. The van der Waals surface area contributed by atoms with E-state index in [9.17, 15) is 14.0 Å². The van der Waals surface area contributed by atoms with Gasteiger partial charge in [-0.3, -0.25) is 9.59 Å². The van der Waals surface area contributed by atoms with Crippen LogP contribution in [0.4, 0.5) is 4.39 Å². The van der Waals surface area contributed by atoms with Crippen molar-refractivity contribution in [1.29, 1.82) is 0 Å². The fraction of sp³-hybridized carbons (Fsp3) is 0.478. The van der Waals surface area contributed by atoms with E-state index in [1.165, 1.54) is 12.1 Å². The lowest BCUT2D eigenvalue weighted by atomic mass is 10.2. The minimum atomic E-state index is -0.289. The number of benzene rings is 1. The van der Waals surface area contributed by atoms with E-state index in [1.807, 2.05) is 17.5 Å². The van der Waals surface area contributed by atoms with Crippen molar-refractivity contribution in [2.45, 2.75) is 64.6 Å². The number of hydrogen-bond donors (Lipinski definition) is 0. The molecule has 1 saturated carbocycles. The van der Waals surface area contributed by atoms with E-state index < -0.39 is 0 Å². The Labute approximate surface area is 176 Å². The van der Waals surface area contributed by atoms with Crippen molar-refractivity contribution in [2.24, 2.45) is 0 Å². The van der Waals surface area contributed by atoms with Crippen LogP contribution in [0.1, 0.15) is 55.9 Å². The zero-order valence-electron chi connectivity index (χ0n) is 17.0. The summed E-state index contributed by atoms with van der Waals surface area (Å²) in [5.41, 5.74) is 0.878. The minimum absolute atomic E-state index is 0.0570. The molecule has 2 aromatic rings. The number of rotatable bonds is 11. The molecule has 0 radical (unpaired) electrons. The summed E-state index contributed by atoms with van der Waals surface area (Å²) in [6.45, 7) is 3.14. The molecule has 1 aliphatic rings. The zero-order valence-corrected chi connectivity index (χ0v) is 17.8. The van der Waals surface area contributed by atoms with Crippen molar-refractivity contribution in [1.82, 2.24) is 9.80 Å². The van der Waals surface area contributed by atoms with Gasteiger partial charge in [0, 0.05) is 23.9 Å². The van der Waals surface area contributed by atoms with Gasteiger partial charge in [0.2, 0.25) is 11.8 Å². The standard InChI is InChI=1S/C23H29FN2O2S/c1-2-3-4-7-22(27)26(20-12-13-20)17-23(28)25(16-21-6-5-14-29-21)15-18-8-10-19(24)11-9-18/h5-6,8-11,14,20H,2-4,7,12-13,15-17H2,1H3. The molecule has 1 aliphatic carbocycles. The van der Waals surface area contributed by atoms with Crippen LogP contribution in [-0.2, 0) is 22.7 Å². The molecule has 156 valence electrons. The van der Waals surface area contributed by atoms with Crippen LogP contribution in [0.25, 0.3) is 0 Å². The van der Waals surface area contributed by atoms with Crippen molar-refractivity contribution >= 4 is 23.2 Å². The van der Waals surface area contributed by atoms with Gasteiger partial charge in [-0.1, -0.05) is 38.0 Å². The van der Waals surface area contributed by atoms with Gasteiger partial charge in [0.05, 0.1) is 6.54 Å². The predicted octanol–water partition coefficient (Wildman–Crippen LogP) is 4.99. The highest BCUT2D eigenvalue weighted by Crippen LogP contribution is 2.28. The van der Waals surface area contributed by atoms with Crippen LogP contribution in [0.5, 0.6) is 0 Å².